The van der Waals surface area contributed by atoms with Crippen LogP contribution < -0.4 is 5.32 Å². The van der Waals surface area contributed by atoms with Crippen LogP contribution in [0.5, 0.6) is 0 Å². The fourth-order valence-corrected chi connectivity index (χ4v) is 2.76. The first-order valence-corrected chi connectivity index (χ1v) is 9.77. The normalized spacial score (nSPS) is 19.7. The third-order valence-corrected chi connectivity index (χ3v) is 4.30. The zero-order chi connectivity index (χ0) is 15.7. The van der Waals surface area contributed by atoms with Crippen LogP contribution in [0.4, 0.5) is 0 Å². The van der Waals surface area contributed by atoms with Crippen LogP contribution in [0.25, 0.3) is 0 Å². The molecular formula is C14H30IN3O3S. The van der Waals surface area contributed by atoms with E-state index in [1.807, 2.05) is 0 Å². The summed E-state index contributed by atoms with van der Waals surface area (Å²) >= 11 is 0. The summed E-state index contributed by atoms with van der Waals surface area (Å²) in [6, 6.07) is 0. The Balaban J connectivity index is 0.00000441. The summed E-state index contributed by atoms with van der Waals surface area (Å²) in [4.78, 5) is 6.86. The fourth-order valence-electron chi connectivity index (χ4n) is 2.34. The van der Waals surface area contributed by atoms with Crippen LogP contribution in [-0.2, 0) is 14.6 Å². The van der Waals surface area contributed by atoms with Crippen LogP contribution in [0.1, 0.15) is 26.7 Å². The Morgan fingerprint density at radius 1 is 1.41 bits per heavy atom. The van der Waals surface area contributed by atoms with E-state index in [1.165, 1.54) is 19.1 Å². The summed E-state index contributed by atoms with van der Waals surface area (Å²) in [5.41, 5.74) is 0. The summed E-state index contributed by atoms with van der Waals surface area (Å²) in [5.74, 6) is 1.71. The molecular weight excluding hydrogens is 417 g/mol. The van der Waals surface area contributed by atoms with E-state index < -0.39 is 9.84 Å². The number of likely N-dealkylation sites (tertiary alicyclic amines) is 1. The predicted molar refractivity (Wildman–Crippen MR) is 102 cm³/mol. The molecule has 1 saturated heterocycles. The Morgan fingerprint density at radius 3 is 2.73 bits per heavy atom. The van der Waals surface area contributed by atoms with E-state index in [0.29, 0.717) is 19.1 Å². The van der Waals surface area contributed by atoms with E-state index in [1.54, 1.807) is 0 Å². The second-order valence-electron chi connectivity index (χ2n) is 5.67. The fraction of sp³-hybridized carbons (Fsp3) is 0.929. The molecule has 1 unspecified atom stereocenters. The lowest BCUT2D eigenvalue weighted by atomic mass is 10.0. The maximum absolute atomic E-state index is 11.0. The molecule has 0 saturated carbocycles. The molecule has 1 aliphatic heterocycles. The molecule has 0 bridgehead atoms. The lowest BCUT2D eigenvalue weighted by molar-refractivity contribution is 0.156. The Labute approximate surface area is 152 Å². The predicted octanol–water partition coefficient (Wildman–Crippen LogP) is 1.36. The molecule has 0 aromatic rings. The van der Waals surface area contributed by atoms with E-state index in [-0.39, 0.29) is 36.3 Å². The van der Waals surface area contributed by atoms with Crippen LogP contribution >= 0.6 is 24.0 Å². The smallest absolute Gasteiger partial charge is 0.194 e. The number of hydrogen-bond acceptors (Lipinski definition) is 4. The van der Waals surface area contributed by atoms with E-state index in [0.717, 1.165) is 25.6 Å². The molecule has 1 aliphatic rings. The first-order chi connectivity index (χ1) is 9.92. The second kappa shape index (κ2) is 11.4. The minimum Gasteiger partial charge on any atom is -0.378 e. The summed E-state index contributed by atoms with van der Waals surface area (Å²) in [5, 5.41) is 3.31. The van der Waals surface area contributed by atoms with E-state index in [2.05, 4.69) is 29.1 Å². The number of piperidine rings is 1. The first kappa shape index (κ1) is 21.9. The van der Waals surface area contributed by atoms with Gasteiger partial charge in [0.2, 0.25) is 0 Å². The van der Waals surface area contributed by atoms with Crippen LogP contribution in [0.3, 0.4) is 0 Å². The topological polar surface area (TPSA) is 71.0 Å². The van der Waals surface area contributed by atoms with Gasteiger partial charge in [0.1, 0.15) is 9.84 Å². The number of hydrogen-bond donors (Lipinski definition) is 1. The molecule has 0 radical (unpaired) electrons. The van der Waals surface area contributed by atoms with Gasteiger partial charge in [0.15, 0.2) is 5.96 Å². The highest BCUT2D eigenvalue weighted by atomic mass is 127. The van der Waals surface area contributed by atoms with Gasteiger partial charge >= 0.3 is 0 Å². The minimum absolute atomic E-state index is 0. The van der Waals surface area contributed by atoms with Crippen molar-refractivity contribution in [3.8, 4) is 0 Å². The quantitative estimate of drug-likeness (QED) is 0.276. The number of guanidine groups is 1. The van der Waals surface area contributed by atoms with Crippen molar-refractivity contribution in [2.75, 3.05) is 51.4 Å². The number of nitrogens with zero attached hydrogens (tertiary/aromatic N) is 2. The second-order valence-corrected chi connectivity index (χ2v) is 7.93. The summed E-state index contributed by atoms with van der Waals surface area (Å²) in [6.07, 6.45) is 3.70. The molecule has 1 N–H and O–H groups in total. The molecule has 0 amide bonds. The molecule has 1 rings (SSSR count). The molecule has 0 spiro atoms. The van der Waals surface area contributed by atoms with Crippen molar-refractivity contribution < 1.29 is 13.2 Å². The highest BCUT2D eigenvalue weighted by Gasteiger charge is 2.18. The van der Waals surface area contributed by atoms with Gasteiger partial charge in [-0.25, -0.2) is 8.42 Å². The zero-order valence-corrected chi connectivity index (χ0v) is 17.0. The van der Waals surface area contributed by atoms with Crippen LogP contribution in [0, 0.1) is 5.92 Å². The van der Waals surface area contributed by atoms with Gasteiger partial charge in [-0.3, -0.25) is 4.99 Å². The van der Waals surface area contributed by atoms with E-state index in [4.69, 9.17) is 4.74 Å². The summed E-state index contributed by atoms with van der Waals surface area (Å²) < 4.78 is 27.3. The molecule has 1 heterocycles. The minimum atomic E-state index is -2.94. The first-order valence-electron chi connectivity index (χ1n) is 7.71. The van der Waals surface area contributed by atoms with Gasteiger partial charge in [-0.05, 0) is 25.7 Å². The number of rotatable bonds is 7. The molecule has 6 nitrogen and oxygen atoms in total. The van der Waals surface area contributed by atoms with E-state index >= 15 is 0 Å². The van der Waals surface area contributed by atoms with Crippen molar-refractivity contribution in [2.24, 2.45) is 10.9 Å². The standard InChI is InChI=1S/C14H29N3O3S.HI/c1-4-15-14(17-8-5-6-13(2)12-17)16-7-9-20-10-11-21(3,18)19;/h13H,4-12H2,1-3H3,(H,15,16);1H. The van der Waals surface area contributed by atoms with Gasteiger partial charge in [0.25, 0.3) is 0 Å². The average Bonchev–Trinajstić information content (AvgIpc) is 2.40. The highest BCUT2D eigenvalue weighted by Crippen LogP contribution is 2.15. The average molecular weight is 447 g/mol. The van der Waals surface area contributed by atoms with Crippen molar-refractivity contribution in [2.45, 2.75) is 26.7 Å². The van der Waals surface area contributed by atoms with Crippen LogP contribution in [0.15, 0.2) is 4.99 Å². The lowest BCUT2D eigenvalue weighted by Crippen LogP contribution is -2.46. The Kier molecular flexibility index (Phi) is 11.4. The van der Waals surface area contributed by atoms with Crippen LogP contribution in [0.2, 0.25) is 0 Å². The SMILES string of the molecule is CCNC(=NCCOCCS(C)(=O)=O)N1CCCC(C)C1.I. The van der Waals surface area contributed by atoms with Gasteiger partial charge in [-0.2, -0.15) is 0 Å². The monoisotopic (exact) mass is 447 g/mol. The third kappa shape index (κ3) is 9.83. The maximum atomic E-state index is 11.0. The number of sulfone groups is 1. The molecule has 132 valence electrons. The Hall–Kier alpha value is -0.0900. The van der Waals surface area contributed by atoms with Crippen molar-refractivity contribution in [1.82, 2.24) is 10.2 Å². The summed E-state index contributed by atoms with van der Waals surface area (Å²) in [6.45, 7) is 8.51. The largest absolute Gasteiger partial charge is 0.378 e. The molecule has 1 atom stereocenters. The number of aliphatic imine (C=N–C) groups is 1. The molecule has 0 aromatic heterocycles. The van der Waals surface area contributed by atoms with Crippen LogP contribution in [-0.4, -0.2) is 70.7 Å². The van der Waals surface area contributed by atoms with Gasteiger partial charge in [0.05, 0.1) is 25.5 Å². The zero-order valence-electron chi connectivity index (χ0n) is 13.9. The van der Waals surface area contributed by atoms with Gasteiger partial charge in [-0.15, -0.1) is 24.0 Å². The number of nitrogens with one attached hydrogen (secondary N) is 1. The molecule has 22 heavy (non-hydrogen) atoms. The molecule has 1 fully saturated rings. The van der Waals surface area contributed by atoms with Gasteiger partial charge in [-0.1, -0.05) is 6.92 Å². The van der Waals surface area contributed by atoms with Crippen molar-refractivity contribution >= 4 is 39.8 Å². The number of halogens is 1. The molecule has 8 heteroatoms. The van der Waals surface area contributed by atoms with Crippen molar-refractivity contribution in [1.29, 1.82) is 0 Å². The summed E-state index contributed by atoms with van der Waals surface area (Å²) in [7, 11) is -2.94. The van der Waals surface area contributed by atoms with Gasteiger partial charge < -0.3 is 15.0 Å². The Morgan fingerprint density at radius 2 is 2.14 bits per heavy atom. The van der Waals surface area contributed by atoms with Crippen molar-refractivity contribution in [3.05, 3.63) is 0 Å². The highest BCUT2D eigenvalue weighted by molar-refractivity contribution is 14.0. The third-order valence-electron chi connectivity index (χ3n) is 3.39. The lowest BCUT2D eigenvalue weighted by Gasteiger charge is -2.33. The maximum Gasteiger partial charge on any atom is 0.194 e. The molecule has 0 aromatic carbocycles. The van der Waals surface area contributed by atoms with Crippen molar-refractivity contribution in [3.63, 3.8) is 0 Å². The molecule has 0 aliphatic carbocycles. The van der Waals surface area contributed by atoms with Gasteiger partial charge in [0, 0.05) is 25.9 Å². The number of ether oxygens (including phenoxy) is 1. The van der Waals surface area contributed by atoms with E-state index in [9.17, 15) is 8.42 Å². The Bertz CT molecular complexity index is 429.